The van der Waals surface area contributed by atoms with Gasteiger partial charge in [0.05, 0.1) is 18.2 Å². The smallest absolute Gasteiger partial charge is 0.431 e. The van der Waals surface area contributed by atoms with Gasteiger partial charge in [0.2, 0.25) is 0 Å². The van der Waals surface area contributed by atoms with Gasteiger partial charge in [0.1, 0.15) is 23.1 Å². The van der Waals surface area contributed by atoms with Gasteiger partial charge in [-0.25, -0.2) is 4.98 Å². The van der Waals surface area contributed by atoms with Gasteiger partial charge in [0.25, 0.3) is 0 Å². The number of halogens is 3. The zero-order valence-electron chi connectivity index (χ0n) is 20.4. The monoisotopic (exact) mass is 516 g/mol. The Labute approximate surface area is 211 Å². The Morgan fingerprint density at radius 3 is 2.46 bits per heavy atom. The van der Waals surface area contributed by atoms with Crippen LogP contribution in [-0.4, -0.2) is 53.2 Å². The Balaban J connectivity index is 1.22. The highest BCUT2D eigenvalue weighted by molar-refractivity contribution is 5.96. The van der Waals surface area contributed by atoms with Gasteiger partial charge in [0.15, 0.2) is 11.5 Å². The number of aliphatic carboxylic acids is 1. The third kappa shape index (κ3) is 5.21. The highest BCUT2D eigenvalue weighted by Gasteiger charge is 2.48. The molecule has 0 radical (unpaired) electrons. The number of carboxylic acids is 1. The average Bonchev–Trinajstić information content (AvgIpc) is 3.38. The van der Waals surface area contributed by atoms with Crippen molar-refractivity contribution in [2.75, 3.05) is 23.0 Å². The lowest BCUT2D eigenvalue weighted by atomic mass is 9.94. The molecule has 2 aromatic carbocycles. The average molecular weight is 517 g/mol. The van der Waals surface area contributed by atoms with Crippen molar-refractivity contribution in [3.05, 3.63) is 48.4 Å². The summed E-state index contributed by atoms with van der Waals surface area (Å²) in [6.07, 6.45) is -3.47. The zero-order valence-corrected chi connectivity index (χ0v) is 20.4. The van der Waals surface area contributed by atoms with Crippen molar-refractivity contribution in [2.45, 2.75) is 51.4 Å². The topological polar surface area (TPSA) is 91.4 Å². The Bertz CT molecular complexity index is 1310. The van der Waals surface area contributed by atoms with Crippen molar-refractivity contribution >= 4 is 34.2 Å². The number of hydrogen-bond acceptors (Lipinski definition) is 7. The molecule has 8 nitrogen and oxygen atoms in total. The van der Waals surface area contributed by atoms with E-state index in [1.54, 1.807) is 24.3 Å². The number of carbonyl (C=O) groups is 1. The maximum absolute atomic E-state index is 13.4. The van der Waals surface area contributed by atoms with Gasteiger partial charge < -0.3 is 19.2 Å². The highest BCUT2D eigenvalue weighted by atomic mass is 19.4. The molecule has 2 unspecified atom stereocenters. The first-order valence-electron chi connectivity index (χ1n) is 12.1. The van der Waals surface area contributed by atoms with E-state index in [9.17, 15) is 23.1 Å². The van der Waals surface area contributed by atoms with Crippen molar-refractivity contribution in [3.63, 3.8) is 0 Å². The van der Waals surface area contributed by atoms with Crippen LogP contribution in [0, 0.1) is 12.8 Å². The van der Waals surface area contributed by atoms with Crippen molar-refractivity contribution in [3.8, 4) is 5.75 Å². The summed E-state index contributed by atoms with van der Waals surface area (Å²) in [6.45, 7) is 4.79. The lowest BCUT2D eigenvalue weighted by Gasteiger charge is -2.33. The van der Waals surface area contributed by atoms with Crippen LogP contribution in [0.2, 0.25) is 0 Å². The number of nitrogens with zero attached hydrogens (tertiary/aromatic N) is 4. The molecule has 1 N–H and O–H groups in total. The Morgan fingerprint density at radius 2 is 1.81 bits per heavy atom. The molecule has 3 aromatic rings. The second kappa shape index (κ2) is 9.60. The molecule has 37 heavy (non-hydrogen) atoms. The standard InChI is InChI=1S/C26H27F3N4O4/c1-15-22(14-24(34)35)33(31-25(15)26(27,28)29)17-3-6-19(7-4-17)37-20-9-11-32(12-10-20)18-5-8-21-23(13-18)36-16(2)30-21/h3-8,13,15,20,22H,9-12,14H2,1-2H3,(H,34,35). The fraction of sp³-hybridized carbons (Fsp3) is 0.423. The van der Waals surface area contributed by atoms with Crippen LogP contribution in [0.4, 0.5) is 24.5 Å². The van der Waals surface area contributed by atoms with Gasteiger partial charge in [-0.3, -0.25) is 9.80 Å². The van der Waals surface area contributed by atoms with Crippen LogP contribution in [-0.2, 0) is 4.79 Å². The molecule has 196 valence electrons. The van der Waals surface area contributed by atoms with E-state index >= 15 is 0 Å². The van der Waals surface area contributed by atoms with Crippen LogP contribution in [0.1, 0.15) is 32.1 Å². The number of aromatic nitrogens is 1. The molecule has 0 saturated carbocycles. The molecular formula is C26H27F3N4O4. The molecule has 0 spiro atoms. The number of piperidine rings is 1. The quantitative estimate of drug-likeness (QED) is 0.469. The summed E-state index contributed by atoms with van der Waals surface area (Å²) in [5.74, 6) is -1.01. The third-order valence-corrected chi connectivity index (χ3v) is 6.90. The third-order valence-electron chi connectivity index (χ3n) is 6.90. The van der Waals surface area contributed by atoms with Gasteiger partial charge in [-0.05, 0) is 36.4 Å². The minimum atomic E-state index is -4.62. The predicted octanol–water partition coefficient (Wildman–Crippen LogP) is 5.40. The van der Waals surface area contributed by atoms with E-state index in [0.717, 1.165) is 47.7 Å². The molecule has 1 fully saturated rings. The zero-order chi connectivity index (χ0) is 26.3. The molecule has 11 heteroatoms. The van der Waals surface area contributed by atoms with Crippen molar-refractivity contribution in [1.29, 1.82) is 0 Å². The number of carboxylic acid groups (broad SMARTS) is 1. The number of benzene rings is 2. The van der Waals surface area contributed by atoms with Crippen LogP contribution in [0.15, 0.2) is 52.0 Å². The fourth-order valence-electron chi connectivity index (χ4n) is 5.01. The second-order valence-electron chi connectivity index (χ2n) is 9.46. The number of alkyl halides is 3. The van der Waals surface area contributed by atoms with Crippen molar-refractivity contribution < 1.29 is 32.2 Å². The maximum Gasteiger partial charge on any atom is 0.431 e. The SMILES string of the molecule is Cc1nc2ccc(N3CCC(Oc4ccc(N5N=C(C(F)(F)F)C(C)C5CC(=O)O)cc4)CC3)cc2o1. The van der Waals surface area contributed by atoms with Crippen LogP contribution in [0.3, 0.4) is 0 Å². The second-order valence-corrected chi connectivity index (χ2v) is 9.46. The fourth-order valence-corrected chi connectivity index (χ4v) is 5.01. The number of rotatable bonds is 6. The summed E-state index contributed by atoms with van der Waals surface area (Å²) in [7, 11) is 0. The van der Waals surface area contributed by atoms with E-state index in [-0.39, 0.29) is 6.10 Å². The Morgan fingerprint density at radius 1 is 1.14 bits per heavy atom. The Kier molecular flexibility index (Phi) is 6.47. The molecule has 2 aliphatic rings. The Hall–Kier alpha value is -3.76. The number of anilines is 2. The van der Waals surface area contributed by atoms with Crippen LogP contribution in [0.25, 0.3) is 11.1 Å². The lowest BCUT2D eigenvalue weighted by molar-refractivity contribution is -0.137. The molecule has 0 aliphatic carbocycles. The number of fused-ring (bicyclic) bond motifs is 1. The summed E-state index contributed by atoms with van der Waals surface area (Å²) in [5, 5.41) is 14.1. The largest absolute Gasteiger partial charge is 0.490 e. The number of hydrazone groups is 1. The molecule has 5 rings (SSSR count). The van der Waals surface area contributed by atoms with Gasteiger partial charge in [-0.1, -0.05) is 6.92 Å². The van der Waals surface area contributed by atoms with Gasteiger partial charge in [-0.15, -0.1) is 0 Å². The molecule has 2 aliphatic heterocycles. The maximum atomic E-state index is 13.4. The van der Waals surface area contributed by atoms with E-state index in [1.165, 1.54) is 6.92 Å². The van der Waals surface area contributed by atoms with Crippen LogP contribution < -0.4 is 14.6 Å². The summed E-state index contributed by atoms with van der Waals surface area (Å²) < 4.78 is 52.0. The predicted molar refractivity (Wildman–Crippen MR) is 132 cm³/mol. The van der Waals surface area contributed by atoms with Crippen LogP contribution in [0.5, 0.6) is 5.75 Å². The van der Waals surface area contributed by atoms with E-state index in [0.29, 0.717) is 17.3 Å². The van der Waals surface area contributed by atoms with Gasteiger partial charge >= 0.3 is 12.1 Å². The summed E-state index contributed by atoms with van der Waals surface area (Å²) in [5.41, 5.74) is 2.08. The summed E-state index contributed by atoms with van der Waals surface area (Å²) in [4.78, 5) is 17.9. The van der Waals surface area contributed by atoms with E-state index in [2.05, 4.69) is 15.0 Å². The molecule has 1 aromatic heterocycles. The van der Waals surface area contributed by atoms with Crippen molar-refractivity contribution in [1.82, 2.24) is 4.98 Å². The number of aryl methyl sites for hydroxylation is 1. The lowest BCUT2D eigenvalue weighted by Crippen LogP contribution is -2.38. The first kappa shape index (κ1) is 24.9. The molecule has 3 heterocycles. The molecule has 2 atom stereocenters. The first-order chi connectivity index (χ1) is 17.6. The minimum Gasteiger partial charge on any atom is -0.490 e. The van der Waals surface area contributed by atoms with Crippen molar-refractivity contribution in [2.24, 2.45) is 11.0 Å². The normalized spacial score (nSPS) is 20.9. The van der Waals surface area contributed by atoms with Crippen LogP contribution >= 0.6 is 0 Å². The summed E-state index contributed by atoms with van der Waals surface area (Å²) in [6, 6.07) is 11.7. The van der Waals surface area contributed by atoms with Gasteiger partial charge in [0, 0.05) is 50.5 Å². The number of oxazole rings is 1. The minimum absolute atomic E-state index is 0.000208. The highest BCUT2D eigenvalue weighted by Crippen LogP contribution is 2.37. The molecule has 0 bridgehead atoms. The van der Waals surface area contributed by atoms with E-state index in [4.69, 9.17) is 9.15 Å². The molecule has 1 saturated heterocycles. The number of hydrogen-bond donors (Lipinski definition) is 1. The first-order valence-corrected chi connectivity index (χ1v) is 12.1. The number of ether oxygens (including phenoxy) is 1. The van der Waals surface area contributed by atoms with Gasteiger partial charge in [-0.2, -0.15) is 18.3 Å². The van der Waals surface area contributed by atoms with E-state index < -0.39 is 36.2 Å². The molecule has 0 amide bonds. The summed E-state index contributed by atoms with van der Waals surface area (Å²) >= 11 is 0. The van der Waals surface area contributed by atoms with E-state index in [1.807, 2.05) is 25.1 Å². The molecular weight excluding hydrogens is 489 g/mol.